The maximum absolute atomic E-state index is 5.40. The smallest absolute Gasteiger partial charge is 0.178 e. The number of aryl methyl sites for hydroxylation is 1. The van der Waals surface area contributed by atoms with Gasteiger partial charge in [0.2, 0.25) is 0 Å². The normalized spacial score (nSPS) is 11.4. The van der Waals surface area contributed by atoms with Gasteiger partial charge in [-0.25, -0.2) is 0 Å². The highest BCUT2D eigenvalue weighted by atomic mass is 32.1. The highest BCUT2D eigenvalue weighted by molar-refractivity contribution is 7.71. The molecule has 0 bridgehead atoms. The van der Waals surface area contributed by atoms with Gasteiger partial charge >= 0.3 is 0 Å². The first-order chi connectivity index (χ1) is 9.11. The number of aromatic amines is 1. The third-order valence-corrected chi connectivity index (χ3v) is 3.72. The van der Waals surface area contributed by atoms with Crippen molar-refractivity contribution in [2.24, 2.45) is 5.92 Å². The zero-order valence-corrected chi connectivity index (χ0v) is 12.7. The predicted octanol–water partition coefficient (Wildman–Crippen LogP) is 4.53. The second-order valence-corrected chi connectivity index (χ2v) is 5.74. The van der Waals surface area contributed by atoms with Gasteiger partial charge in [-0.15, -0.1) is 0 Å². The van der Waals surface area contributed by atoms with E-state index in [2.05, 4.69) is 23.4 Å². The number of imidazole rings is 1. The van der Waals surface area contributed by atoms with E-state index in [1.165, 1.54) is 12.8 Å². The molecular formula is C15H22N2OS. The lowest BCUT2D eigenvalue weighted by Gasteiger charge is -2.07. The van der Waals surface area contributed by atoms with Crippen LogP contribution in [0.2, 0.25) is 0 Å². The van der Waals surface area contributed by atoms with Crippen molar-refractivity contribution in [1.29, 1.82) is 0 Å². The quantitative estimate of drug-likeness (QED) is 0.621. The molecule has 1 heterocycles. The number of rotatable bonds is 6. The molecule has 0 unspecified atom stereocenters. The van der Waals surface area contributed by atoms with Gasteiger partial charge in [-0.3, -0.25) is 0 Å². The number of methoxy groups -OCH3 is 1. The number of benzene rings is 1. The van der Waals surface area contributed by atoms with Gasteiger partial charge in [-0.2, -0.15) is 0 Å². The molecular weight excluding hydrogens is 256 g/mol. The fourth-order valence-corrected chi connectivity index (χ4v) is 2.60. The summed E-state index contributed by atoms with van der Waals surface area (Å²) in [7, 11) is 1.69. The summed E-state index contributed by atoms with van der Waals surface area (Å²) in [4.78, 5) is 3.25. The largest absolute Gasteiger partial charge is 0.497 e. The lowest BCUT2D eigenvalue weighted by Crippen LogP contribution is -1.99. The van der Waals surface area contributed by atoms with Gasteiger partial charge in [-0.1, -0.05) is 26.7 Å². The number of H-pyrrole nitrogens is 1. The van der Waals surface area contributed by atoms with Crippen LogP contribution in [0.3, 0.4) is 0 Å². The molecule has 0 amide bonds. The van der Waals surface area contributed by atoms with Crippen molar-refractivity contribution in [1.82, 2.24) is 9.55 Å². The van der Waals surface area contributed by atoms with Crippen LogP contribution in [0, 0.1) is 10.7 Å². The van der Waals surface area contributed by atoms with Gasteiger partial charge in [0.25, 0.3) is 0 Å². The molecule has 0 aliphatic heterocycles. The highest BCUT2D eigenvalue weighted by Gasteiger charge is 2.05. The molecule has 0 atom stereocenters. The first kappa shape index (κ1) is 14.1. The molecule has 1 aromatic heterocycles. The Morgan fingerprint density at radius 3 is 2.79 bits per heavy atom. The summed E-state index contributed by atoms with van der Waals surface area (Å²) in [6.45, 7) is 5.50. The number of ether oxygens (including phenoxy) is 1. The maximum atomic E-state index is 5.40. The number of fused-ring (bicyclic) bond motifs is 1. The standard InChI is InChI=1S/C15H22N2OS/c1-11(2)6-4-5-9-17-14-10-12(18-3)7-8-13(14)16-15(17)19/h7-8,10-11H,4-6,9H2,1-3H3,(H,16,19). The number of hydrogen-bond acceptors (Lipinski definition) is 2. The minimum absolute atomic E-state index is 0.774. The second kappa shape index (κ2) is 6.24. The van der Waals surface area contributed by atoms with Crippen molar-refractivity contribution >= 4 is 23.3 Å². The summed E-state index contributed by atoms with van der Waals surface area (Å²) in [5.74, 6) is 1.65. The summed E-state index contributed by atoms with van der Waals surface area (Å²) in [6, 6.07) is 6.02. The van der Waals surface area contributed by atoms with Crippen LogP contribution in [0.15, 0.2) is 18.2 Å². The van der Waals surface area contributed by atoms with Crippen LogP contribution in [0.4, 0.5) is 0 Å². The van der Waals surface area contributed by atoms with Crippen LogP contribution in [-0.4, -0.2) is 16.7 Å². The summed E-state index contributed by atoms with van der Waals surface area (Å²) in [6.07, 6.45) is 3.69. The fourth-order valence-electron chi connectivity index (χ4n) is 2.30. The SMILES string of the molecule is COc1ccc2[nH]c(=S)n(CCCCC(C)C)c2c1. The Morgan fingerprint density at radius 1 is 1.32 bits per heavy atom. The Kier molecular flexibility index (Phi) is 4.64. The molecule has 0 aliphatic carbocycles. The topological polar surface area (TPSA) is 29.9 Å². The fraction of sp³-hybridized carbons (Fsp3) is 0.533. The molecule has 0 saturated carbocycles. The lowest BCUT2D eigenvalue weighted by molar-refractivity contribution is 0.415. The van der Waals surface area contributed by atoms with E-state index < -0.39 is 0 Å². The number of nitrogens with one attached hydrogen (secondary N) is 1. The average Bonchev–Trinajstić information content (AvgIpc) is 2.69. The van der Waals surface area contributed by atoms with E-state index in [1.807, 2.05) is 18.2 Å². The number of hydrogen-bond donors (Lipinski definition) is 1. The van der Waals surface area contributed by atoms with Crippen molar-refractivity contribution in [3.63, 3.8) is 0 Å². The van der Waals surface area contributed by atoms with Gasteiger partial charge in [0, 0.05) is 12.6 Å². The van der Waals surface area contributed by atoms with E-state index >= 15 is 0 Å². The second-order valence-electron chi connectivity index (χ2n) is 5.35. The van der Waals surface area contributed by atoms with Crippen molar-refractivity contribution in [3.05, 3.63) is 23.0 Å². The van der Waals surface area contributed by atoms with Crippen LogP contribution in [0.25, 0.3) is 11.0 Å². The highest BCUT2D eigenvalue weighted by Crippen LogP contribution is 2.21. The summed E-state index contributed by atoms with van der Waals surface area (Å²) >= 11 is 5.40. The van der Waals surface area contributed by atoms with E-state index in [9.17, 15) is 0 Å². The zero-order chi connectivity index (χ0) is 13.8. The monoisotopic (exact) mass is 278 g/mol. The number of nitrogens with zero attached hydrogens (tertiary/aromatic N) is 1. The van der Waals surface area contributed by atoms with Gasteiger partial charge < -0.3 is 14.3 Å². The summed E-state index contributed by atoms with van der Waals surface area (Å²) < 4.78 is 8.26. The van der Waals surface area contributed by atoms with Gasteiger partial charge in [0.05, 0.1) is 18.1 Å². The van der Waals surface area contributed by atoms with Gasteiger partial charge in [-0.05, 0) is 36.7 Å². The van der Waals surface area contributed by atoms with Crippen LogP contribution in [-0.2, 0) is 6.54 Å². The van der Waals surface area contributed by atoms with Crippen molar-refractivity contribution < 1.29 is 4.74 Å². The van der Waals surface area contributed by atoms with Crippen LogP contribution < -0.4 is 4.74 Å². The summed E-state index contributed by atoms with van der Waals surface area (Å²) in [5.41, 5.74) is 2.21. The molecule has 0 aliphatic rings. The van der Waals surface area contributed by atoms with Crippen LogP contribution in [0.5, 0.6) is 5.75 Å². The van der Waals surface area contributed by atoms with Crippen molar-refractivity contribution in [2.75, 3.05) is 7.11 Å². The zero-order valence-electron chi connectivity index (χ0n) is 11.9. The van der Waals surface area contributed by atoms with E-state index in [4.69, 9.17) is 17.0 Å². The van der Waals surface area contributed by atoms with Crippen molar-refractivity contribution in [3.8, 4) is 5.75 Å². The Labute approximate surface area is 119 Å². The average molecular weight is 278 g/mol. The van der Waals surface area contributed by atoms with E-state index in [-0.39, 0.29) is 0 Å². The summed E-state index contributed by atoms with van der Waals surface area (Å²) in [5, 5.41) is 0. The maximum Gasteiger partial charge on any atom is 0.178 e. The molecule has 0 radical (unpaired) electrons. The number of aromatic nitrogens is 2. The number of unbranched alkanes of at least 4 members (excludes halogenated alkanes) is 1. The Bertz CT molecular complexity index is 598. The van der Waals surface area contributed by atoms with E-state index in [1.54, 1.807) is 7.11 Å². The molecule has 0 saturated heterocycles. The van der Waals surface area contributed by atoms with Crippen LogP contribution in [0.1, 0.15) is 33.1 Å². The van der Waals surface area contributed by atoms with Gasteiger partial charge in [0.1, 0.15) is 5.75 Å². The van der Waals surface area contributed by atoms with Gasteiger partial charge in [0.15, 0.2) is 4.77 Å². The molecule has 1 aromatic carbocycles. The molecule has 2 rings (SSSR count). The first-order valence-corrected chi connectivity index (χ1v) is 7.29. The third kappa shape index (κ3) is 3.38. The molecule has 104 valence electrons. The molecule has 0 spiro atoms. The van der Waals surface area contributed by atoms with Crippen LogP contribution >= 0.6 is 12.2 Å². The van der Waals surface area contributed by atoms with E-state index in [0.717, 1.165) is 40.4 Å². The first-order valence-electron chi connectivity index (χ1n) is 6.88. The molecule has 1 N–H and O–H groups in total. The minimum atomic E-state index is 0.774. The minimum Gasteiger partial charge on any atom is -0.497 e. The Morgan fingerprint density at radius 2 is 2.11 bits per heavy atom. The Balaban J connectivity index is 2.17. The van der Waals surface area contributed by atoms with Crippen molar-refractivity contribution in [2.45, 2.75) is 39.7 Å². The van der Waals surface area contributed by atoms with E-state index in [0.29, 0.717) is 0 Å². The molecule has 2 aromatic rings. The molecule has 3 nitrogen and oxygen atoms in total. The third-order valence-electron chi connectivity index (χ3n) is 3.40. The molecule has 19 heavy (non-hydrogen) atoms. The molecule has 4 heteroatoms. The lowest BCUT2D eigenvalue weighted by atomic mass is 10.1. The Hall–Kier alpha value is -1.29. The predicted molar refractivity (Wildman–Crippen MR) is 82.4 cm³/mol. The molecule has 0 fully saturated rings.